The van der Waals surface area contributed by atoms with Gasteiger partial charge < -0.3 is 5.73 Å². The number of pyridine rings is 1. The summed E-state index contributed by atoms with van der Waals surface area (Å²) in [6, 6.07) is 0. The lowest BCUT2D eigenvalue weighted by molar-refractivity contribution is 0.0950. The largest absolute Gasteiger partial charge is 0.396 e. The van der Waals surface area contributed by atoms with Crippen molar-refractivity contribution < 1.29 is 4.79 Å². The van der Waals surface area contributed by atoms with Gasteiger partial charge in [-0.1, -0.05) is 48.1 Å². The number of unbranched alkanes of at least 4 members (excludes halogenated alkanes) is 1. The van der Waals surface area contributed by atoms with Gasteiger partial charge in [0.05, 0.1) is 10.7 Å². The van der Waals surface area contributed by atoms with Crippen LogP contribution in [0.3, 0.4) is 0 Å². The smallest absolute Gasteiger partial charge is 0.291 e. The maximum Gasteiger partial charge on any atom is 0.291 e. The van der Waals surface area contributed by atoms with Gasteiger partial charge in [0, 0.05) is 5.71 Å². The van der Waals surface area contributed by atoms with E-state index >= 15 is 0 Å². The minimum atomic E-state index is -0.587. The summed E-state index contributed by atoms with van der Waals surface area (Å²) < 4.78 is 0. The van der Waals surface area contributed by atoms with E-state index < -0.39 is 5.91 Å². The minimum Gasteiger partial charge on any atom is -0.396 e. The number of halogens is 3. The molecule has 0 saturated carbocycles. The lowest BCUT2D eigenvalue weighted by atomic mass is 10.2. The Hall–Kier alpha value is -1.04. The van der Waals surface area contributed by atoms with E-state index in [0.717, 1.165) is 25.0 Å². The van der Waals surface area contributed by atoms with Gasteiger partial charge in [0.15, 0.2) is 10.8 Å². The molecular formula is C12H15Cl3N4O. The first-order valence-corrected chi connectivity index (χ1v) is 7.15. The number of nitrogens with one attached hydrogen (secondary N) is 1. The van der Waals surface area contributed by atoms with Crippen molar-refractivity contribution in [3.05, 3.63) is 20.9 Å². The molecule has 20 heavy (non-hydrogen) atoms. The van der Waals surface area contributed by atoms with E-state index in [-0.39, 0.29) is 26.6 Å². The molecule has 0 fully saturated rings. The van der Waals surface area contributed by atoms with Gasteiger partial charge in [0.1, 0.15) is 5.02 Å². The fourth-order valence-corrected chi connectivity index (χ4v) is 1.96. The molecule has 5 nitrogen and oxygen atoms in total. The molecule has 0 aliphatic heterocycles. The Balaban J connectivity index is 2.89. The minimum absolute atomic E-state index is 0.0187. The summed E-state index contributed by atoms with van der Waals surface area (Å²) >= 11 is 17.5. The number of nitrogen functional groups attached to an aromatic ring is 1. The molecule has 3 N–H and O–H groups in total. The van der Waals surface area contributed by atoms with Crippen molar-refractivity contribution in [2.75, 3.05) is 5.73 Å². The second-order valence-electron chi connectivity index (χ2n) is 4.18. The number of amides is 1. The van der Waals surface area contributed by atoms with Crippen LogP contribution in [0.5, 0.6) is 0 Å². The molecule has 1 aromatic heterocycles. The number of carbonyl (C=O) groups is 1. The van der Waals surface area contributed by atoms with Crippen molar-refractivity contribution in [1.29, 1.82) is 0 Å². The number of hydrogen-bond donors (Lipinski definition) is 2. The first kappa shape index (κ1) is 17.0. The van der Waals surface area contributed by atoms with Gasteiger partial charge in [0.25, 0.3) is 5.91 Å². The maximum absolute atomic E-state index is 11.9. The first-order chi connectivity index (χ1) is 9.38. The van der Waals surface area contributed by atoms with E-state index in [0.29, 0.717) is 0 Å². The van der Waals surface area contributed by atoms with Crippen molar-refractivity contribution >= 4 is 52.1 Å². The van der Waals surface area contributed by atoms with Crippen molar-refractivity contribution in [2.24, 2.45) is 5.10 Å². The molecule has 0 saturated heterocycles. The lowest BCUT2D eigenvalue weighted by Gasteiger charge is -2.08. The summed E-state index contributed by atoms with van der Waals surface area (Å²) in [6.45, 7) is 3.90. The molecule has 0 atom stereocenters. The average molecular weight is 338 g/mol. The van der Waals surface area contributed by atoms with Crippen LogP contribution >= 0.6 is 34.8 Å². The Morgan fingerprint density at radius 3 is 2.60 bits per heavy atom. The van der Waals surface area contributed by atoms with E-state index in [1.807, 2.05) is 6.92 Å². The Morgan fingerprint density at radius 2 is 2.00 bits per heavy atom. The van der Waals surface area contributed by atoms with Crippen LogP contribution in [0.4, 0.5) is 5.69 Å². The van der Waals surface area contributed by atoms with Crippen molar-refractivity contribution in [3.8, 4) is 0 Å². The summed E-state index contributed by atoms with van der Waals surface area (Å²) in [5, 5.41) is 3.86. The van der Waals surface area contributed by atoms with Crippen LogP contribution in [-0.4, -0.2) is 16.6 Å². The summed E-state index contributed by atoms with van der Waals surface area (Å²) in [7, 11) is 0. The van der Waals surface area contributed by atoms with Crippen LogP contribution in [0.25, 0.3) is 0 Å². The summed E-state index contributed by atoms with van der Waals surface area (Å²) in [6.07, 6.45) is 2.86. The predicted molar refractivity (Wildman–Crippen MR) is 83.8 cm³/mol. The third-order valence-electron chi connectivity index (χ3n) is 2.53. The Labute approximate surface area is 132 Å². The Kier molecular flexibility index (Phi) is 6.52. The fraction of sp³-hybridized carbons (Fsp3) is 0.417. The molecule has 0 bridgehead atoms. The molecule has 1 rings (SSSR count). The number of aromatic nitrogens is 1. The molecule has 0 aliphatic rings. The van der Waals surface area contributed by atoms with Gasteiger partial charge in [-0.15, -0.1) is 0 Å². The highest BCUT2D eigenvalue weighted by Crippen LogP contribution is 2.34. The molecule has 0 spiro atoms. The van der Waals surface area contributed by atoms with Crippen LogP contribution in [0.15, 0.2) is 5.10 Å². The number of rotatable bonds is 5. The molecule has 1 amide bonds. The highest BCUT2D eigenvalue weighted by molar-refractivity contribution is 6.46. The van der Waals surface area contributed by atoms with Gasteiger partial charge in [0.2, 0.25) is 0 Å². The van der Waals surface area contributed by atoms with E-state index in [2.05, 4.69) is 22.4 Å². The molecular weight excluding hydrogens is 323 g/mol. The molecule has 0 unspecified atom stereocenters. The monoisotopic (exact) mass is 336 g/mol. The molecule has 1 heterocycles. The Bertz CT molecular complexity index is 546. The zero-order chi connectivity index (χ0) is 15.3. The summed E-state index contributed by atoms with van der Waals surface area (Å²) in [5.74, 6) is -0.587. The number of carbonyl (C=O) groups excluding carboxylic acids is 1. The molecule has 0 radical (unpaired) electrons. The average Bonchev–Trinajstić information content (AvgIpc) is 2.44. The molecule has 0 aromatic carbocycles. The Morgan fingerprint density at radius 1 is 1.35 bits per heavy atom. The second-order valence-corrected chi connectivity index (χ2v) is 5.30. The molecule has 110 valence electrons. The number of nitrogens with zero attached hydrogens (tertiary/aromatic N) is 2. The van der Waals surface area contributed by atoms with Crippen LogP contribution in [0, 0.1) is 0 Å². The van der Waals surface area contributed by atoms with Gasteiger partial charge in [-0.25, -0.2) is 10.4 Å². The van der Waals surface area contributed by atoms with E-state index in [4.69, 9.17) is 40.5 Å². The fourth-order valence-electron chi connectivity index (χ4n) is 1.37. The topological polar surface area (TPSA) is 80.4 Å². The van der Waals surface area contributed by atoms with Gasteiger partial charge in [-0.2, -0.15) is 5.10 Å². The standard InChI is InChI=1S/C12H15Cl3N4O/c1-3-4-5-6(2)18-19-12(20)10-7(13)9(16)8(14)11(15)17-10/h3-5H2,1-2H3,(H2,16,17)(H,19,20)/b18-6-. The van der Waals surface area contributed by atoms with Gasteiger partial charge >= 0.3 is 0 Å². The maximum atomic E-state index is 11.9. The first-order valence-electron chi connectivity index (χ1n) is 6.01. The molecule has 1 aromatic rings. The predicted octanol–water partition coefficient (Wildman–Crippen LogP) is 3.92. The van der Waals surface area contributed by atoms with Crippen LogP contribution in [0.2, 0.25) is 15.2 Å². The zero-order valence-corrected chi connectivity index (χ0v) is 13.4. The highest BCUT2D eigenvalue weighted by atomic mass is 35.5. The van der Waals surface area contributed by atoms with Crippen LogP contribution in [0.1, 0.15) is 43.6 Å². The third-order valence-corrected chi connectivity index (χ3v) is 3.66. The van der Waals surface area contributed by atoms with Crippen molar-refractivity contribution in [3.63, 3.8) is 0 Å². The highest BCUT2D eigenvalue weighted by Gasteiger charge is 2.19. The van der Waals surface area contributed by atoms with Crippen LogP contribution in [-0.2, 0) is 0 Å². The van der Waals surface area contributed by atoms with Gasteiger partial charge in [-0.05, 0) is 19.8 Å². The molecule has 8 heteroatoms. The van der Waals surface area contributed by atoms with E-state index in [9.17, 15) is 4.79 Å². The number of hydrazone groups is 1. The zero-order valence-electron chi connectivity index (χ0n) is 11.1. The van der Waals surface area contributed by atoms with E-state index in [1.165, 1.54) is 0 Å². The van der Waals surface area contributed by atoms with Gasteiger partial charge in [-0.3, -0.25) is 4.79 Å². The number of hydrogen-bond acceptors (Lipinski definition) is 4. The van der Waals surface area contributed by atoms with Crippen molar-refractivity contribution in [2.45, 2.75) is 33.1 Å². The lowest BCUT2D eigenvalue weighted by Crippen LogP contribution is -2.21. The van der Waals surface area contributed by atoms with Crippen LogP contribution < -0.4 is 11.2 Å². The van der Waals surface area contributed by atoms with Crippen molar-refractivity contribution in [1.82, 2.24) is 10.4 Å². The number of anilines is 1. The molecule has 0 aliphatic carbocycles. The third kappa shape index (κ3) is 4.23. The SMILES string of the molecule is CCCC/C(C)=N\NC(=O)c1nc(Cl)c(Cl)c(N)c1Cl. The number of nitrogens with two attached hydrogens (primary N) is 1. The summed E-state index contributed by atoms with van der Waals surface area (Å²) in [4.78, 5) is 15.8. The van der Waals surface area contributed by atoms with E-state index in [1.54, 1.807) is 0 Å². The normalized spacial score (nSPS) is 11.6. The summed E-state index contributed by atoms with van der Waals surface area (Å²) in [5.41, 5.74) is 8.73. The second kappa shape index (κ2) is 7.67. The quantitative estimate of drug-likeness (QED) is 0.485.